The monoisotopic (exact) mass is 198 g/mol. The summed E-state index contributed by atoms with van der Waals surface area (Å²) in [7, 11) is -0.172. The third-order valence-electron chi connectivity index (χ3n) is 2.67. The molecule has 74 valence electrons. The van der Waals surface area contributed by atoms with Gasteiger partial charge in [-0.3, -0.25) is 0 Å². The van der Waals surface area contributed by atoms with Gasteiger partial charge in [0.1, 0.15) is 0 Å². The van der Waals surface area contributed by atoms with Crippen LogP contribution in [0.5, 0.6) is 0 Å². The summed E-state index contributed by atoms with van der Waals surface area (Å²) in [6.07, 6.45) is 0. The van der Waals surface area contributed by atoms with E-state index in [4.69, 9.17) is 9.31 Å². The minimum absolute atomic E-state index is 0.172. The van der Waals surface area contributed by atoms with Gasteiger partial charge in [0.2, 0.25) is 0 Å². The van der Waals surface area contributed by atoms with Crippen molar-refractivity contribution in [2.45, 2.75) is 0 Å². The second-order valence-corrected chi connectivity index (χ2v) is 3.68. The van der Waals surface area contributed by atoms with Crippen LogP contribution < -0.4 is 5.46 Å². The molecule has 3 heteroatoms. The normalized spacial score (nSPS) is 16.1. The van der Waals surface area contributed by atoms with Crippen LogP contribution in [0.3, 0.4) is 0 Å². The quantitative estimate of drug-likeness (QED) is 0.647. The van der Waals surface area contributed by atoms with Crippen molar-refractivity contribution in [1.29, 1.82) is 0 Å². The Kier molecular flexibility index (Phi) is 2.20. The summed E-state index contributed by atoms with van der Waals surface area (Å²) >= 11 is 0. The third-order valence-corrected chi connectivity index (χ3v) is 2.67. The predicted molar refractivity (Wildman–Crippen MR) is 61.2 cm³/mol. The lowest BCUT2D eigenvalue weighted by molar-refractivity contribution is 0.365. The predicted octanol–water partition coefficient (Wildman–Crippen LogP) is 1.58. The zero-order valence-electron chi connectivity index (χ0n) is 8.35. The number of hydrogen-bond donors (Lipinski definition) is 0. The van der Waals surface area contributed by atoms with Gasteiger partial charge in [-0.05, 0) is 16.2 Å². The van der Waals surface area contributed by atoms with Gasteiger partial charge in [-0.25, -0.2) is 0 Å². The Bertz CT molecular complexity index is 478. The van der Waals surface area contributed by atoms with Crippen LogP contribution in [0.1, 0.15) is 0 Å². The van der Waals surface area contributed by atoms with Crippen LogP contribution in [0.2, 0.25) is 0 Å². The average molecular weight is 198 g/mol. The second-order valence-electron chi connectivity index (χ2n) is 3.68. The molecule has 0 bridgehead atoms. The fourth-order valence-corrected chi connectivity index (χ4v) is 1.91. The first-order valence-electron chi connectivity index (χ1n) is 5.15. The van der Waals surface area contributed by atoms with Crippen molar-refractivity contribution in [3.63, 3.8) is 0 Å². The smallest absolute Gasteiger partial charge is 0.405 e. The van der Waals surface area contributed by atoms with Crippen molar-refractivity contribution < 1.29 is 9.31 Å². The summed E-state index contributed by atoms with van der Waals surface area (Å²) < 4.78 is 10.9. The van der Waals surface area contributed by atoms with E-state index in [1.807, 2.05) is 12.1 Å². The van der Waals surface area contributed by atoms with Crippen molar-refractivity contribution in [1.82, 2.24) is 0 Å². The molecule has 0 aliphatic carbocycles. The van der Waals surface area contributed by atoms with Gasteiger partial charge in [-0.2, -0.15) is 0 Å². The lowest BCUT2D eigenvalue weighted by Crippen LogP contribution is -2.31. The molecule has 2 aromatic rings. The van der Waals surface area contributed by atoms with Crippen LogP contribution in [0, 0.1) is 0 Å². The van der Waals surface area contributed by atoms with Crippen LogP contribution in [-0.2, 0) is 9.31 Å². The molecule has 1 heterocycles. The zero-order chi connectivity index (χ0) is 10.1. The summed E-state index contributed by atoms with van der Waals surface area (Å²) in [5, 5.41) is 2.48. The first-order valence-corrected chi connectivity index (χ1v) is 5.15. The number of fused-ring (bicyclic) bond motifs is 1. The fraction of sp³-hybridized carbons (Fsp3) is 0.167. The van der Waals surface area contributed by atoms with E-state index >= 15 is 0 Å². The van der Waals surface area contributed by atoms with E-state index in [-0.39, 0.29) is 7.12 Å². The second kappa shape index (κ2) is 3.68. The Morgan fingerprint density at radius 2 is 1.60 bits per heavy atom. The van der Waals surface area contributed by atoms with Gasteiger partial charge < -0.3 is 9.31 Å². The van der Waals surface area contributed by atoms with Gasteiger partial charge in [-0.1, -0.05) is 42.5 Å². The summed E-state index contributed by atoms with van der Waals surface area (Å²) in [5.41, 5.74) is 1.10. The summed E-state index contributed by atoms with van der Waals surface area (Å²) in [4.78, 5) is 0. The Morgan fingerprint density at radius 3 is 2.40 bits per heavy atom. The SMILES string of the molecule is c1ccc2cc(B3OCCO3)ccc2c1. The van der Waals surface area contributed by atoms with E-state index in [9.17, 15) is 0 Å². The summed E-state index contributed by atoms with van der Waals surface area (Å²) in [6, 6.07) is 14.6. The van der Waals surface area contributed by atoms with Gasteiger partial charge in [0.25, 0.3) is 0 Å². The van der Waals surface area contributed by atoms with Crippen molar-refractivity contribution in [2.24, 2.45) is 0 Å². The number of rotatable bonds is 1. The molecular formula is C12H11BO2. The Labute approximate surface area is 89.0 Å². The van der Waals surface area contributed by atoms with Crippen molar-refractivity contribution in [3.8, 4) is 0 Å². The van der Waals surface area contributed by atoms with Gasteiger partial charge in [0.15, 0.2) is 0 Å². The van der Waals surface area contributed by atoms with Gasteiger partial charge in [0, 0.05) is 0 Å². The first kappa shape index (κ1) is 8.95. The fourth-order valence-electron chi connectivity index (χ4n) is 1.91. The highest BCUT2D eigenvalue weighted by atomic mass is 16.6. The number of hydrogen-bond acceptors (Lipinski definition) is 2. The molecule has 0 atom stereocenters. The molecule has 0 N–H and O–H groups in total. The summed E-state index contributed by atoms with van der Waals surface area (Å²) in [5.74, 6) is 0. The van der Waals surface area contributed by atoms with Crippen LogP contribution in [0.4, 0.5) is 0 Å². The van der Waals surface area contributed by atoms with Crippen LogP contribution in [0.25, 0.3) is 10.8 Å². The molecule has 0 spiro atoms. The number of benzene rings is 2. The third kappa shape index (κ3) is 1.64. The Hall–Kier alpha value is -1.32. The van der Waals surface area contributed by atoms with Gasteiger partial charge in [0.05, 0.1) is 13.2 Å². The van der Waals surface area contributed by atoms with Crippen molar-refractivity contribution in [3.05, 3.63) is 42.5 Å². The molecule has 15 heavy (non-hydrogen) atoms. The highest BCUT2D eigenvalue weighted by molar-refractivity contribution is 6.62. The van der Waals surface area contributed by atoms with Crippen molar-refractivity contribution in [2.75, 3.05) is 13.2 Å². The molecule has 0 amide bonds. The van der Waals surface area contributed by atoms with Crippen LogP contribution in [-0.4, -0.2) is 20.3 Å². The van der Waals surface area contributed by atoms with E-state index in [1.54, 1.807) is 0 Å². The maximum Gasteiger partial charge on any atom is 0.494 e. The van der Waals surface area contributed by atoms with Crippen LogP contribution >= 0.6 is 0 Å². The highest BCUT2D eigenvalue weighted by Gasteiger charge is 2.25. The maximum absolute atomic E-state index is 5.47. The molecule has 1 aliphatic heterocycles. The first-order chi connectivity index (χ1) is 7.43. The summed E-state index contributed by atoms with van der Waals surface area (Å²) in [6.45, 7) is 1.38. The maximum atomic E-state index is 5.47. The molecule has 0 radical (unpaired) electrons. The lowest BCUT2D eigenvalue weighted by Gasteiger charge is -2.05. The van der Waals surface area contributed by atoms with Crippen molar-refractivity contribution >= 4 is 23.4 Å². The van der Waals surface area contributed by atoms with Crippen LogP contribution in [0.15, 0.2) is 42.5 Å². The lowest BCUT2D eigenvalue weighted by atomic mass is 9.78. The van der Waals surface area contributed by atoms with E-state index in [0.29, 0.717) is 13.2 Å². The molecular weight excluding hydrogens is 187 g/mol. The van der Waals surface area contributed by atoms with E-state index in [2.05, 4.69) is 30.3 Å². The Morgan fingerprint density at radius 1 is 0.867 bits per heavy atom. The standard InChI is InChI=1S/C12H11BO2/c1-2-4-11-9-12(6-5-10(11)3-1)13-14-7-8-15-13/h1-6,9H,7-8H2. The highest BCUT2D eigenvalue weighted by Crippen LogP contribution is 2.12. The minimum atomic E-state index is -0.172. The Balaban J connectivity index is 2.05. The molecule has 0 unspecified atom stereocenters. The molecule has 3 rings (SSSR count). The van der Waals surface area contributed by atoms with E-state index in [1.165, 1.54) is 10.8 Å². The van der Waals surface area contributed by atoms with Gasteiger partial charge in [-0.15, -0.1) is 0 Å². The average Bonchev–Trinajstić information content (AvgIpc) is 2.82. The molecule has 1 fully saturated rings. The molecule has 2 nitrogen and oxygen atoms in total. The zero-order valence-corrected chi connectivity index (χ0v) is 8.35. The minimum Gasteiger partial charge on any atom is -0.405 e. The molecule has 0 aromatic heterocycles. The largest absolute Gasteiger partial charge is 0.494 e. The van der Waals surface area contributed by atoms with E-state index < -0.39 is 0 Å². The van der Waals surface area contributed by atoms with Gasteiger partial charge >= 0.3 is 7.12 Å². The van der Waals surface area contributed by atoms with E-state index in [0.717, 1.165) is 5.46 Å². The molecule has 0 saturated carbocycles. The molecule has 2 aromatic carbocycles. The molecule has 1 saturated heterocycles. The molecule has 1 aliphatic rings. The topological polar surface area (TPSA) is 18.5 Å².